The highest BCUT2D eigenvalue weighted by atomic mass is 16.6. The van der Waals surface area contributed by atoms with Crippen LogP contribution in [0.5, 0.6) is 0 Å². The van der Waals surface area contributed by atoms with Gasteiger partial charge in [-0.15, -0.1) is 0 Å². The van der Waals surface area contributed by atoms with E-state index in [4.69, 9.17) is 4.74 Å². The van der Waals surface area contributed by atoms with Gasteiger partial charge in [-0.1, -0.05) is 13.8 Å². The van der Waals surface area contributed by atoms with E-state index in [2.05, 4.69) is 18.7 Å². The summed E-state index contributed by atoms with van der Waals surface area (Å²) in [6.45, 7) is 8.82. The molecule has 0 spiro atoms. The predicted octanol–water partition coefficient (Wildman–Crippen LogP) is 1.66. The van der Waals surface area contributed by atoms with Crippen molar-refractivity contribution < 1.29 is 9.53 Å². The smallest absolute Gasteiger partial charge is 0.409 e. The van der Waals surface area contributed by atoms with E-state index in [0.29, 0.717) is 12.5 Å². The van der Waals surface area contributed by atoms with E-state index >= 15 is 0 Å². The zero-order valence-corrected chi connectivity index (χ0v) is 10.6. The molecule has 4 heteroatoms. The third kappa shape index (κ3) is 7.19. The summed E-state index contributed by atoms with van der Waals surface area (Å²) in [4.78, 5) is 15.4. The number of nitrogens with zero attached hydrogens (tertiary/aromatic N) is 2. The standard InChI is InChI=1S/C11H24N2O2/c1-6-15-11(14)13(9-10(2)3)8-7-12(4)5/h10H,6-9H2,1-5H3. The Hall–Kier alpha value is -0.770. The van der Waals surface area contributed by atoms with E-state index in [1.165, 1.54) is 0 Å². The van der Waals surface area contributed by atoms with Crippen LogP contribution in [0.25, 0.3) is 0 Å². The summed E-state index contributed by atoms with van der Waals surface area (Å²) in [6, 6.07) is 0. The van der Waals surface area contributed by atoms with Crippen LogP contribution < -0.4 is 0 Å². The molecule has 0 aliphatic heterocycles. The van der Waals surface area contributed by atoms with E-state index in [1.807, 2.05) is 21.0 Å². The van der Waals surface area contributed by atoms with Crippen LogP contribution in [-0.4, -0.2) is 56.2 Å². The molecule has 0 aliphatic carbocycles. The van der Waals surface area contributed by atoms with Crippen LogP contribution in [0, 0.1) is 5.92 Å². The lowest BCUT2D eigenvalue weighted by atomic mass is 10.2. The fraction of sp³-hybridized carbons (Fsp3) is 0.909. The zero-order chi connectivity index (χ0) is 11.8. The largest absolute Gasteiger partial charge is 0.450 e. The highest BCUT2D eigenvalue weighted by Crippen LogP contribution is 2.01. The van der Waals surface area contributed by atoms with E-state index < -0.39 is 0 Å². The molecule has 4 nitrogen and oxygen atoms in total. The first-order chi connectivity index (χ1) is 6.97. The van der Waals surface area contributed by atoms with Gasteiger partial charge in [-0.3, -0.25) is 0 Å². The Balaban J connectivity index is 4.11. The molecule has 0 atom stereocenters. The van der Waals surface area contributed by atoms with Crippen molar-refractivity contribution in [1.82, 2.24) is 9.80 Å². The summed E-state index contributed by atoms with van der Waals surface area (Å²) in [5.41, 5.74) is 0. The topological polar surface area (TPSA) is 32.8 Å². The lowest BCUT2D eigenvalue weighted by Crippen LogP contribution is -2.39. The first-order valence-electron chi connectivity index (χ1n) is 5.53. The van der Waals surface area contributed by atoms with Crippen molar-refractivity contribution >= 4 is 6.09 Å². The van der Waals surface area contributed by atoms with Crippen molar-refractivity contribution in [3.63, 3.8) is 0 Å². The third-order valence-corrected chi connectivity index (χ3v) is 1.93. The summed E-state index contributed by atoms with van der Waals surface area (Å²) in [7, 11) is 4.00. The molecule has 0 rings (SSSR count). The second kappa shape index (κ2) is 7.51. The van der Waals surface area contributed by atoms with Gasteiger partial charge in [0.15, 0.2) is 0 Å². The number of hydrogen-bond donors (Lipinski definition) is 0. The van der Waals surface area contributed by atoms with Gasteiger partial charge in [0.1, 0.15) is 0 Å². The number of ether oxygens (including phenoxy) is 1. The Bertz CT molecular complexity index is 181. The van der Waals surface area contributed by atoms with Crippen molar-refractivity contribution in [1.29, 1.82) is 0 Å². The maximum atomic E-state index is 11.6. The van der Waals surface area contributed by atoms with E-state index in [0.717, 1.165) is 19.6 Å². The molecule has 90 valence electrons. The SMILES string of the molecule is CCOC(=O)N(CCN(C)C)CC(C)C. The minimum absolute atomic E-state index is 0.201. The number of amides is 1. The number of carbonyl (C=O) groups excluding carboxylic acids is 1. The van der Waals surface area contributed by atoms with E-state index in [9.17, 15) is 4.79 Å². The van der Waals surface area contributed by atoms with Gasteiger partial charge in [0.05, 0.1) is 6.61 Å². The maximum Gasteiger partial charge on any atom is 0.409 e. The molecule has 0 aromatic heterocycles. The number of rotatable bonds is 6. The van der Waals surface area contributed by atoms with Crippen LogP contribution in [0.3, 0.4) is 0 Å². The molecule has 0 aliphatic rings. The first kappa shape index (κ1) is 14.2. The molecule has 0 radical (unpaired) electrons. The van der Waals surface area contributed by atoms with Crippen LogP contribution >= 0.6 is 0 Å². The highest BCUT2D eigenvalue weighted by molar-refractivity contribution is 5.67. The lowest BCUT2D eigenvalue weighted by Gasteiger charge is -2.25. The second-order valence-electron chi connectivity index (χ2n) is 4.34. The van der Waals surface area contributed by atoms with Gasteiger partial charge in [-0.25, -0.2) is 4.79 Å². The number of carbonyl (C=O) groups is 1. The Morgan fingerprint density at radius 2 is 1.87 bits per heavy atom. The van der Waals surface area contributed by atoms with E-state index in [-0.39, 0.29) is 6.09 Å². The Morgan fingerprint density at radius 3 is 2.27 bits per heavy atom. The van der Waals surface area contributed by atoms with Gasteiger partial charge >= 0.3 is 6.09 Å². The van der Waals surface area contributed by atoms with Crippen molar-refractivity contribution in [3.05, 3.63) is 0 Å². The lowest BCUT2D eigenvalue weighted by molar-refractivity contribution is 0.0996. The summed E-state index contributed by atoms with van der Waals surface area (Å²) in [6.07, 6.45) is -0.201. The summed E-state index contributed by atoms with van der Waals surface area (Å²) < 4.78 is 5.01. The van der Waals surface area contributed by atoms with Gasteiger partial charge in [0.2, 0.25) is 0 Å². The van der Waals surface area contributed by atoms with Gasteiger partial charge in [-0.05, 0) is 26.9 Å². The van der Waals surface area contributed by atoms with Gasteiger partial charge in [0, 0.05) is 19.6 Å². The van der Waals surface area contributed by atoms with Gasteiger partial charge in [0.25, 0.3) is 0 Å². The van der Waals surface area contributed by atoms with Gasteiger partial charge in [-0.2, -0.15) is 0 Å². The minimum Gasteiger partial charge on any atom is -0.450 e. The second-order valence-corrected chi connectivity index (χ2v) is 4.34. The Labute approximate surface area is 93.2 Å². The molecular weight excluding hydrogens is 192 g/mol. The predicted molar refractivity (Wildman–Crippen MR) is 62.0 cm³/mol. The quantitative estimate of drug-likeness (QED) is 0.677. The molecule has 1 amide bonds. The van der Waals surface area contributed by atoms with Crippen LogP contribution in [-0.2, 0) is 4.74 Å². The molecule has 15 heavy (non-hydrogen) atoms. The maximum absolute atomic E-state index is 11.6. The molecule has 0 saturated carbocycles. The van der Waals surface area contributed by atoms with Gasteiger partial charge < -0.3 is 14.5 Å². The van der Waals surface area contributed by atoms with Crippen LogP contribution in [0.4, 0.5) is 4.79 Å². The van der Waals surface area contributed by atoms with Crippen molar-refractivity contribution in [2.24, 2.45) is 5.92 Å². The molecule has 0 aromatic rings. The van der Waals surface area contributed by atoms with Crippen LogP contribution in [0.1, 0.15) is 20.8 Å². The summed E-state index contributed by atoms with van der Waals surface area (Å²) >= 11 is 0. The molecule has 0 aromatic carbocycles. The fourth-order valence-corrected chi connectivity index (χ4v) is 1.23. The Morgan fingerprint density at radius 1 is 1.27 bits per heavy atom. The minimum atomic E-state index is -0.201. The van der Waals surface area contributed by atoms with Crippen molar-refractivity contribution in [2.75, 3.05) is 40.3 Å². The zero-order valence-electron chi connectivity index (χ0n) is 10.6. The fourth-order valence-electron chi connectivity index (χ4n) is 1.23. The normalized spacial score (nSPS) is 10.9. The Kier molecular flexibility index (Phi) is 7.13. The molecule has 0 heterocycles. The highest BCUT2D eigenvalue weighted by Gasteiger charge is 2.15. The van der Waals surface area contributed by atoms with Crippen LogP contribution in [0.15, 0.2) is 0 Å². The monoisotopic (exact) mass is 216 g/mol. The molecule has 0 N–H and O–H groups in total. The molecular formula is C11H24N2O2. The molecule has 0 fully saturated rings. The average Bonchev–Trinajstić information content (AvgIpc) is 2.11. The molecule has 0 saturated heterocycles. The van der Waals surface area contributed by atoms with Crippen molar-refractivity contribution in [2.45, 2.75) is 20.8 Å². The first-order valence-corrected chi connectivity index (χ1v) is 5.53. The van der Waals surface area contributed by atoms with E-state index in [1.54, 1.807) is 4.90 Å². The molecule has 0 bridgehead atoms. The number of hydrogen-bond acceptors (Lipinski definition) is 3. The molecule has 0 unspecified atom stereocenters. The van der Waals surface area contributed by atoms with Crippen LogP contribution in [0.2, 0.25) is 0 Å². The summed E-state index contributed by atoms with van der Waals surface area (Å²) in [5, 5.41) is 0. The van der Waals surface area contributed by atoms with Crippen molar-refractivity contribution in [3.8, 4) is 0 Å². The summed E-state index contributed by atoms with van der Waals surface area (Å²) in [5.74, 6) is 0.469. The number of likely N-dealkylation sites (N-methyl/N-ethyl adjacent to an activating group) is 1. The average molecular weight is 216 g/mol. The third-order valence-electron chi connectivity index (χ3n) is 1.93.